The van der Waals surface area contributed by atoms with Crippen molar-refractivity contribution in [2.24, 2.45) is 5.92 Å². The highest BCUT2D eigenvalue weighted by Crippen LogP contribution is 2.21. The van der Waals surface area contributed by atoms with Crippen LogP contribution >= 0.6 is 0 Å². The molecule has 0 saturated carbocycles. The molecule has 0 spiro atoms. The van der Waals surface area contributed by atoms with Crippen LogP contribution in [0.25, 0.3) is 0 Å². The van der Waals surface area contributed by atoms with Gasteiger partial charge in [-0.1, -0.05) is 0 Å². The molecule has 1 saturated heterocycles. The van der Waals surface area contributed by atoms with E-state index in [9.17, 15) is 14.4 Å². The Hall–Kier alpha value is -3.42. The molecule has 1 N–H and O–H groups in total. The number of rotatable bonds is 6. The molecule has 0 radical (unpaired) electrons. The van der Waals surface area contributed by atoms with Crippen molar-refractivity contribution in [2.75, 3.05) is 26.7 Å². The Bertz CT molecular complexity index is 862. The zero-order valence-corrected chi connectivity index (χ0v) is 16.2. The molecule has 0 unspecified atom stereocenters. The molecule has 1 aliphatic heterocycles. The molecule has 0 aliphatic carbocycles. The fourth-order valence-electron chi connectivity index (χ4n) is 3.18. The number of likely N-dealkylation sites (N-methyl/N-ethyl adjacent to an activating group) is 1. The first-order valence-electron chi connectivity index (χ1n) is 9.38. The number of carboxylic acids is 1. The molecule has 0 atom stereocenters. The van der Waals surface area contributed by atoms with Crippen molar-refractivity contribution in [3.05, 3.63) is 54.4 Å². The van der Waals surface area contributed by atoms with Crippen molar-refractivity contribution in [1.29, 1.82) is 0 Å². The van der Waals surface area contributed by atoms with E-state index in [0.717, 1.165) is 0 Å². The normalized spacial score (nSPS) is 14.3. The number of likely N-dealkylation sites (tertiary alicyclic amines) is 1. The third-order valence-corrected chi connectivity index (χ3v) is 4.89. The number of ether oxygens (including phenoxy) is 1. The highest BCUT2D eigenvalue weighted by atomic mass is 16.5. The van der Waals surface area contributed by atoms with Gasteiger partial charge in [0.1, 0.15) is 11.5 Å². The molecule has 8 nitrogen and oxygen atoms in total. The second-order valence-corrected chi connectivity index (χ2v) is 6.97. The van der Waals surface area contributed by atoms with Crippen molar-refractivity contribution < 1.29 is 24.2 Å². The molecular formula is C21H23N3O5. The zero-order chi connectivity index (χ0) is 20.8. The topological polar surface area (TPSA) is 100 Å². The Balaban J connectivity index is 1.53. The maximum absolute atomic E-state index is 12.6. The summed E-state index contributed by atoms with van der Waals surface area (Å²) in [6.07, 6.45) is 4.13. The number of aromatic nitrogens is 1. The van der Waals surface area contributed by atoms with Crippen LogP contribution in [0, 0.1) is 5.92 Å². The fraction of sp³-hybridized carbons (Fsp3) is 0.333. The predicted octanol–water partition coefficient (Wildman–Crippen LogP) is 2.27. The number of carbonyl (C=O) groups excluding carboxylic acids is 2. The summed E-state index contributed by atoms with van der Waals surface area (Å²) in [5, 5.41) is 9.04. The van der Waals surface area contributed by atoms with Gasteiger partial charge < -0.3 is 19.6 Å². The van der Waals surface area contributed by atoms with Gasteiger partial charge in [0.05, 0.1) is 18.7 Å². The monoisotopic (exact) mass is 397 g/mol. The average molecular weight is 397 g/mol. The molecule has 2 amide bonds. The first kappa shape index (κ1) is 20.3. The van der Waals surface area contributed by atoms with Gasteiger partial charge in [-0.15, -0.1) is 0 Å². The van der Waals surface area contributed by atoms with Crippen molar-refractivity contribution >= 4 is 17.8 Å². The number of aliphatic carboxylic acids is 1. The Morgan fingerprint density at radius 1 is 1.14 bits per heavy atom. The first-order chi connectivity index (χ1) is 13.9. The first-order valence-corrected chi connectivity index (χ1v) is 9.38. The van der Waals surface area contributed by atoms with E-state index >= 15 is 0 Å². The minimum Gasteiger partial charge on any atom is -0.481 e. The number of amides is 2. The summed E-state index contributed by atoms with van der Waals surface area (Å²) < 4.78 is 5.65. The molecule has 1 aromatic heterocycles. The lowest BCUT2D eigenvalue weighted by atomic mass is 9.97. The third-order valence-electron chi connectivity index (χ3n) is 4.89. The Morgan fingerprint density at radius 2 is 1.83 bits per heavy atom. The van der Waals surface area contributed by atoms with E-state index in [-0.39, 0.29) is 18.4 Å². The number of nitrogens with zero attached hydrogens (tertiary/aromatic N) is 3. The largest absolute Gasteiger partial charge is 0.481 e. The van der Waals surface area contributed by atoms with Crippen LogP contribution in [0.15, 0.2) is 48.8 Å². The van der Waals surface area contributed by atoms with Gasteiger partial charge in [-0.2, -0.15) is 0 Å². The molecule has 3 rings (SSSR count). The van der Waals surface area contributed by atoms with Crippen molar-refractivity contribution in [3.8, 4) is 11.5 Å². The van der Waals surface area contributed by atoms with E-state index in [1.54, 1.807) is 60.7 Å². The van der Waals surface area contributed by atoms with Crippen LogP contribution in [0.4, 0.5) is 0 Å². The quantitative estimate of drug-likeness (QED) is 0.803. The Labute approximate surface area is 168 Å². The lowest BCUT2D eigenvalue weighted by Crippen LogP contribution is -2.45. The lowest BCUT2D eigenvalue weighted by Gasteiger charge is -2.31. The smallest absolute Gasteiger partial charge is 0.306 e. The average Bonchev–Trinajstić information content (AvgIpc) is 2.74. The summed E-state index contributed by atoms with van der Waals surface area (Å²) in [5.74, 6) is -0.491. The highest BCUT2D eigenvalue weighted by Gasteiger charge is 2.28. The summed E-state index contributed by atoms with van der Waals surface area (Å²) in [6, 6.07) is 10.2. The molecule has 1 fully saturated rings. The van der Waals surface area contributed by atoms with E-state index in [0.29, 0.717) is 43.0 Å². The van der Waals surface area contributed by atoms with Gasteiger partial charge in [-0.25, -0.2) is 0 Å². The summed E-state index contributed by atoms with van der Waals surface area (Å²) in [4.78, 5) is 43.0. The van der Waals surface area contributed by atoms with Gasteiger partial charge >= 0.3 is 5.97 Å². The van der Waals surface area contributed by atoms with Crippen molar-refractivity contribution in [1.82, 2.24) is 14.8 Å². The number of benzene rings is 1. The lowest BCUT2D eigenvalue weighted by molar-refractivity contribution is -0.145. The summed E-state index contributed by atoms with van der Waals surface area (Å²) in [7, 11) is 1.57. The summed E-state index contributed by atoms with van der Waals surface area (Å²) in [5.41, 5.74) is 0.448. The van der Waals surface area contributed by atoms with Gasteiger partial charge in [-0.3, -0.25) is 19.4 Å². The number of hydrogen-bond donors (Lipinski definition) is 1. The number of pyridine rings is 1. The van der Waals surface area contributed by atoms with Crippen LogP contribution in [-0.4, -0.2) is 64.4 Å². The molecule has 1 aromatic carbocycles. The Kier molecular flexibility index (Phi) is 6.43. The van der Waals surface area contributed by atoms with Crippen LogP contribution in [-0.2, 0) is 9.59 Å². The second kappa shape index (κ2) is 9.18. The van der Waals surface area contributed by atoms with Gasteiger partial charge in [0, 0.05) is 31.9 Å². The van der Waals surface area contributed by atoms with Crippen LogP contribution < -0.4 is 4.74 Å². The highest BCUT2D eigenvalue weighted by molar-refractivity contribution is 5.96. The van der Waals surface area contributed by atoms with Gasteiger partial charge in [0.15, 0.2) is 0 Å². The molecule has 2 aromatic rings. The zero-order valence-electron chi connectivity index (χ0n) is 16.2. The molecule has 29 heavy (non-hydrogen) atoms. The third kappa shape index (κ3) is 5.31. The molecule has 2 heterocycles. The molecule has 1 aliphatic rings. The van der Waals surface area contributed by atoms with E-state index in [2.05, 4.69) is 4.98 Å². The van der Waals surface area contributed by atoms with E-state index in [1.165, 1.54) is 4.90 Å². The van der Waals surface area contributed by atoms with Gasteiger partial charge in [0.2, 0.25) is 5.91 Å². The number of carbonyl (C=O) groups is 3. The molecular weight excluding hydrogens is 374 g/mol. The van der Waals surface area contributed by atoms with Crippen LogP contribution in [0.2, 0.25) is 0 Å². The van der Waals surface area contributed by atoms with Crippen molar-refractivity contribution in [3.63, 3.8) is 0 Å². The van der Waals surface area contributed by atoms with Gasteiger partial charge in [-0.05, 0) is 49.2 Å². The minimum absolute atomic E-state index is 0.0511. The second-order valence-electron chi connectivity index (χ2n) is 6.97. The maximum Gasteiger partial charge on any atom is 0.306 e. The van der Waals surface area contributed by atoms with Crippen LogP contribution in [0.3, 0.4) is 0 Å². The number of piperidine rings is 1. The standard InChI is InChI=1S/C21H23N3O5/c1-23(14-19(25)24-11-8-16(9-12-24)21(27)28)20(26)15-4-6-17(7-5-15)29-18-3-2-10-22-13-18/h2-7,10,13,16H,8-9,11-12,14H2,1H3,(H,27,28). The summed E-state index contributed by atoms with van der Waals surface area (Å²) >= 11 is 0. The molecule has 152 valence electrons. The van der Waals surface area contributed by atoms with E-state index in [4.69, 9.17) is 9.84 Å². The fourth-order valence-corrected chi connectivity index (χ4v) is 3.18. The van der Waals surface area contributed by atoms with E-state index < -0.39 is 11.9 Å². The summed E-state index contributed by atoms with van der Waals surface area (Å²) in [6.45, 7) is 0.751. The predicted molar refractivity (Wildman–Crippen MR) is 105 cm³/mol. The molecule has 8 heteroatoms. The Morgan fingerprint density at radius 3 is 2.41 bits per heavy atom. The van der Waals surface area contributed by atoms with E-state index in [1.807, 2.05) is 0 Å². The SMILES string of the molecule is CN(CC(=O)N1CCC(C(=O)O)CC1)C(=O)c1ccc(Oc2cccnc2)cc1. The minimum atomic E-state index is -0.819. The number of hydrogen-bond acceptors (Lipinski definition) is 5. The van der Waals surface area contributed by atoms with Crippen LogP contribution in [0.1, 0.15) is 23.2 Å². The van der Waals surface area contributed by atoms with Gasteiger partial charge in [0.25, 0.3) is 5.91 Å². The molecule has 0 bridgehead atoms. The van der Waals surface area contributed by atoms with Crippen molar-refractivity contribution in [2.45, 2.75) is 12.8 Å². The number of carboxylic acid groups (broad SMARTS) is 1. The van der Waals surface area contributed by atoms with Crippen LogP contribution in [0.5, 0.6) is 11.5 Å². The maximum atomic E-state index is 12.6.